The zero-order valence-electron chi connectivity index (χ0n) is 18.9. The van der Waals surface area contributed by atoms with E-state index < -0.39 is 5.92 Å². The van der Waals surface area contributed by atoms with Gasteiger partial charge in [0.15, 0.2) is 10.9 Å². The molecular formula is C23H24N4O6S. The third-order valence-electron chi connectivity index (χ3n) is 5.33. The number of hydrogen-bond acceptors (Lipinski definition) is 8. The molecule has 0 bridgehead atoms. The molecule has 10 nitrogen and oxygen atoms in total. The molecule has 1 fully saturated rings. The molecule has 2 aromatic heterocycles. The minimum Gasteiger partial charge on any atom is -0.497 e. The van der Waals surface area contributed by atoms with Crippen molar-refractivity contribution in [2.24, 2.45) is 5.92 Å². The van der Waals surface area contributed by atoms with Gasteiger partial charge in [-0.2, -0.15) is 0 Å². The van der Waals surface area contributed by atoms with Crippen molar-refractivity contribution in [1.82, 2.24) is 10.3 Å². The second-order valence-corrected chi connectivity index (χ2v) is 8.50. The Hall–Kier alpha value is -3.86. The van der Waals surface area contributed by atoms with Gasteiger partial charge in [-0.05, 0) is 24.3 Å². The number of nitrogens with zero attached hydrogens (tertiary/aromatic N) is 2. The Bertz CT molecular complexity index is 1220. The van der Waals surface area contributed by atoms with Gasteiger partial charge < -0.3 is 29.4 Å². The van der Waals surface area contributed by atoms with Crippen LogP contribution in [0.15, 0.2) is 40.1 Å². The van der Waals surface area contributed by atoms with Gasteiger partial charge in [0.25, 0.3) is 0 Å². The number of furan rings is 1. The van der Waals surface area contributed by atoms with Crippen LogP contribution < -0.4 is 25.0 Å². The van der Waals surface area contributed by atoms with Crippen molar-refractivity contribution < 1.29 is 28.3 Å². The van der Waals surface area contributed by atoms with Gasteiger partial charge in [0, 0.05) is 31.3 Å². The Kier molecular flexibility index (Phi) is 6.82. The maximum atomic E-state index is 12.9. The van der Waals surface area contributed by atoms with Crippen molar-refractivity contribution in [3.05, 3.63) is 41.5 Å². The first-order valence-electron chi connectivity index (χ1n) is 10.5. The molecule has 0 radical (unpaired) electrons. The molecule has 1 atom stereocenters. The number of thiazole rings is 1. The summed E-state index contributed by atoms with van der Waals surface area (Å²) in [4.78, 5) is 42.6. The van der Waals surface area contributed by atoms with Crippen LogP contribution >= 0.6 is 11.3 Å². The zero-order chi connectivity index (χ0) is 24.2. The number of rotatable bonds is 8. The monoisotopic (exact) mass is 484 g/mol. The maximum Gasteiger partial charge on any atom is 0.231 e. The molecule has 0 spiro atoms. The predicted octanol–water partition coefficient (Wildman–Crippen LogP) is 3.05. The molecule has 4 rings (SSSR count). The maximum absolute atomic E-state index is 12.9. The van der Waals surface area contributed by atoms with Gasteiger partial charge in [-0.15, -0.1) is 11.3 Å². The summed E-state index contributed by atoms with van der Waals surface area (Å²) in [7, 11) is 3.07. The Morgan fingerprint density at radius 2 is 2.06 bits per heavy atom. The third kappa shape index (κ3) is 5.04. The van der Waals surface area contributed by atoms with E-state index in [0.29, 0.717) is 39.5 Å². The number of nitrogens with one attached hydrogen (secondary N) is 2. The number of methoxy groups -OCH3 is 2. The van der Waals surface area contributed by atoms with E-state index in [2.05, 4.69) is 15.6 Å². The van der Waals surface area contributed by atoms with Crippen LogP contribution in [0, 0.1) is 5.92 Å². The van der Waals surface area contributed by atoms with Gasteiger partial charge in [-0.1, -0.05) is 0 Å². The molecule has 0 aliphatic carbocycles. The quantitative estimate of drug-likeness (QED) is 0.504. The standard InChI is InChI=1S/C23H24N4O6S/c1-13(28)24-10-16-5-6-19(33-16)17-12-34-23(25-17)26-22(30)14-8-21(29)27(11-14)18-9-15(31-2)4-7-20(18)32-3/h4-7,9,12,14H,8,10-11H2,1-3H3,(H,24,28)(H,25,26,30). The smallest absolute Gasteiger partial charge is 0.231 e. The fourth-order valence-electron chi connectivity index (χ4n) is 3.60. The minimum absolute atomic E-state index is 0.0785. The second-order valence-electron chi connectivity index (χ2n) is 7.65. The lowest BCUT2D eigenvalue weighted by molar-refractivity contribution is -0.122. The summed E-state index contributed by atoms with van der Waals surface area (Å²) in [5.74, 6) is 1.10. The van der Waals surface area contributed by atoms with Crippen molar-refractivity contribution >= 4 is 39.9 Å². The topological polar surface area (TPSA) is 123 Å². The van der Waals surface area contributed by atoms with E-state index in [1.165, 1.54) is 25.4 Å². The van der Waals surface area contributed by atoms with Gasteiger partial charge >= 0.3 is 0 Å². The normalized spacial score (nSPS) is 15.3. The van der Waals surface area contributed by atoms with Crippen molar-refractivity contribution in [3.8, 4) is 23.0 Å². The number of carbonyl (C=O) groups excluding carboxylic acids is 3. The van der Waals surface area contributed by atoms with E-state index in [-0.39, 0.29) is 37.2 Å². The Balaban J connectivity index is 1.41. The lowest BCUT2D eigenvalue weighted by Crippen LogP contribution is -2.28. The number of aromatic nitrogens is 1. The van der Waals surface area contributed by atoms with Crippen LogP contribution in [0.1, 0.15) is 19.1 Å². The molecule has 1 unspecified atom stereocenters. The number of anilines is 2. The predicted molar refractivity (Wildman–Crippen MR) is 126 cm³/mol. The summed E-state index contributed by atoms with van der Waals surface area (Å²) in [5, 5.41) is 7.64. The summed E-state index contributed by atoms with van der Waals surface area (Å²) in [6.07, 6.45) is 0.0785. The van der Waals surface area contributed by atoms with Gasteiger partial charge in [-0.25, -0.2) is 4.98 Å². The van der Waals surface area contributed by atoms with Crippen molar-refractivity contribution in [2.75, 3.05) is 31.0 Å². The van der Waals surface area contributed by atoms with Crippen molar-refractivity contribution in [1.29, 1.82) is 0 Å². The fourth-order valence-corrected chi connectivity index (χ4v) is 4.30. The highest BCUT2D eigenvalue weighted by Gasteiger charge is 2.36. The van der Waals surface area contributed by atoms with Crippen LogP contribution in [0.3, 0.4) is 0 Å². The van der Waals surface area contributed by atoms with Gasteiger partial charge in [-0.3, -0.25) is 14.4 Å². The molecule has 1 aliphatic rings. The van der Waals surface area contributed by atoms with E-state index in [1.54, 1.807) is 47.7 Å². The van der Waals surface area contributed by atoms with Gasteiger partial charge in [0.1, 0.15) is 23.0 Å². The molecule has 3 aromatic rings. The lowest BCUT2D eigenvalue weighted by atomic mass is 10.1. The molecule has 3 amide bonds. The summed E-state index contributed by atoms with van der Waals surface area (Å²) >= 11 is 1.26. The molecule has 1 aliphatic heterocycles. The largest absolute Gasteiger partial charge is 0.497 e. The molecule has 1 aromatic carbocycles. The van der Waals surface area contributed by atoms with Crippen LogP contribution in [0.2, 0.25) is 0 Å². The van der Waals surface area contributed by atoms with Gasteiger partial charge in [0.2, 0.25) is 17.7 Å². The average molecular weight is 485 g/mol. The first-order chi connectivity index (χ1) is 16.4. The number of hydrogen-bond donors (Lipinski definition) is 2. The van der Waals surface area contributed by atoms with E-state index >= 15 is 0 Å². The summed E-state index contributed by atoms with van der Waals surface area (Å²) < 4.78 is 16.3. The summed E-state index contributed by atoms with van der Waals surface area (Å²) in [6, 6.07) is 8.70. The molecule has 0 saturated carbocycles. The molecule has 3 heterocycles. The van der Waals surface area contributed by atoms with Gasteiger partial charge in [0.05, 0.1) is 32.4 Å². The summed E-state index contributed by atoms with van der Waals surface area (Å²) in [6.45, 7) is 1.94. The molecular weight excluding hydrogens is 460 g/mol. The SMILES string of the molecule is COc1ccc(OC)c(N2CC(C(=O)Nc3nc(-c4ccc(CNC(C)=O)o4)cs3)CC2=O)c1. The highest BCUT2D eigenvalue weighted by Crippen LogP contribution is 2.36. The van der Waals surface area contributed by atoms with Crippen LogP contribution in [0.25, 0.3) is 11.5 Å². The highest BCUT2D eigenvalue weighted by atomic mass is 32.1. The van der Waals surface area contributed by atoms with E-state index in [4.69, 9.17) is 13.9 Å². The van der Waals surface area contributed by atoms with Crippen LogP contribution in [0.4, 0.5) is 10.8 Å². The van der Waals surface area contributed by atoms with Crippen LogP contribution in [-0.2, 0) is 20.9 Å². The van der Waals surface area contributed by atoms with Crippen LogP contribution in [-0.4, -0.2) is 43.5 Å². The van der Waals surface area contributed by atoms with Crippen molar-refractivity contribution in [3.63, 3.8) is 0 Å². The molecule has 34 heavy (non-hydrogen) atoms. The summed E-state index contributed by atoms with van der Waals surface area (Å²) in [5.41, 5.74) is 1.13. The van der Waals surface area contributed by atoms with E-state index in [9.17, 15) is 14.4 Å². The Morgan fingerprint density at radius 1 is 1.24 bits per heavy atom. The molecule has 2 N–H and O–H groups in total. The minimum atomic E-state index is -0.538. The zero-order valence-corrected chi connectivity index (χ0v) is 19.7. The first kappa shape index (κ1) is 23.3. The van der Waals surface area contributed by atoms with Crippen molar-refractivity contribution in [2.45, 2.75) is 19.9 Å². The third-order valence-corrected chi connectivity index (χ3v) is 6.09. The molecule has 11 heteroatoms. The number of carbonyl (C=O) groups is 3. The number of amides is 3. The first-order valence-corrected chi connectivity index (χ1v) is 11.4. The molecule has 178 valence electrons. The second kappa shape index (κ2) is 9.96. The fraction of sp³-hybridized carbons (Fsp3) is 0.304. The number of ether oxygens (including phenoxy) is 2. The highest BCUT2D eigenvalue weighted by molar-refractivity contribution is 7.14. The Labute approximate surface area is 199 Å². The van der Waals surface area contributed by atoms with Crippen LogP contribution in [0.5, 0.6) is 11.5 Å². The lowest BCUT2D eigenvalue weighted by Gasteiger charge is -2.20. The Morgan fingerprint density at radius 3 is 2.79 bits per heavy atom. The average Bonchev–Trinajstić information content (AvgIpc) is 3.57. The van der Waals surface area contributed by atoms with E-state index in [0.717, 1.165) is 0 Å². The number of benzene rings is 1. The molecule has 1 saturated heterocycles. The van der Waals surface area contributed by atoms with E-state index in [1.807, 2.05) is 0 Å².